The smallest absolute Gasteiger partial charge is 0.141 e. The Morgan fingerprint density at radius 3 is 2.33 bits per heavy atom. The van der Waals surface area contributed by atoms with Crippen molar-refractivity contribution in [1.82, 2.24) is 0 Å². The van der Waals surface area contributed by atoms with Crippen LogP contribution in [0.3, 0.4) is 0 Å². The number of halogens is 2. The lowest BCUT2D eigenvalue weighted by molar-refractivity contribution is 0.301. The van der Waals surface area contributed by atoms with E-state index in [4.69, 9.17) is 33.7 Å². The molecular weight excluding hydrogens is 305 g/mol. The molecule has 1 aromatic carbocycles. The average Bonchev–Trinajstić information content (AvgIpc) is 2.44. The van der Waals surface area contributed by atoms with Gasteiger partial charge in [-0.2, -0.15) is 0 Å². The second-order valence-corrected chi connectivity index (χ2v) is 6.23. The molecule has 0 amide bonds. The van der Waals surface area contributed by atoms with Crippen molar-refractivity contribution < 1.29 is 4.74 Å². The van der Waals surface area contributed by atoms with Gasteiger partial charge in [-0.3, -0.25) is 0 Å². The summed E-state index contributed by atoms with van der Waals surface area (Å²) in [6.07, 6.45) is 9.60. The van der Waals surface area contributed by atoms with Crippen LogP contribution < -0.4 is 10.5 Å². The molecule has 0 saturated heterocycles. The number of hydrogen-bond acceptors (Lipinski definition) is 2. The fourth-order valence-corrected chi connectivity index (χ4v) is 2.94. The van der Waals surface area contributed by atoms with Gasteiger partial charge in [0.2, 0.25) is 0 Å². The molecule has 0 aliphatic heterocycles. The van der Waals surface area contributed by atoms with Gasteiger partial charge in [0.05, 0.1) is 11.6 Å². The molecule has 0 atom stereocenters. The molecule has 21 heavy (non-hydrogen) atoms. The van der Waals surface area contributed by atoms with Crippen molar-refractivity contribution >= 4 is 23.2 Å². The van der Waals surface area contributed by atoms with Crippen LogP contribution in [0.4, 0.5) is 0 Å². The average molecular weight is 332 g/mol. The number of benzene rings is 1. The molecule has 0 aromatic heterocycles. The molecule has 120 valence electrons. The third kappa shape index (κ3) is 7.39. The molecule has 2 N–H and O–H groups in total. The van der Waals surface area contributed by atoms with Gasteiger partial charge in [0.15, 0.2) is 0 Å². The van der Waals surface area contributed by atoms with E-state index in [0.717, 1.165) is 24.2 Å². The standard InChI is InChI=1S/C17H27Cl2NO/c1-2-3-4-5-6-7-8-11-21-17-14(9-10-20)12-15(18)13-16(17)19/h12-13H,2-11,20H2,1H3. The Hall–Kier alpha value is -0.440. The molecule has 2 nitrogen and oxygen atoms in total. The first kappa shape index (κ1) is 18.6. The fourth-order valence-electron chi connectivity index (χ4n) is 2.35. The second kappa shape index (κ2) is 11.2. The van der Waals surface area contributed by atoms with Crippen LogP contribution in [0.2, 0.25) is 10.0 Å². The molecule has 0 unspecified atom stereocenters. The summed E-state index contributed by atoms with van der Waals surface area (Å²) in [5.74, 6) is 0.748. The molecule has 0 spiro atoms. The minimum absolute atomic E-state index is 0.560. The van der Waals surface area contributed by atoms with E-state index in [1.54, 1.807) is 6.07 Å². The summed E-state index contributed by atoms with van der Waals surface area (Å²) in [5, 5.41) is 1.21. The van der Waals surface area contributed by atoms with Gasteiger partial charge < -0.3 is 10.5 Å². The van der Waals surface area contributed by atoms with E-state index in [2.05, 4.69) is 6.92 Å². The minimum Gasteiger partial charge on any atom is -0.492 e. The normalized spacial score (nSPS) is 10.9. The molecule has 0 radical (unpaired) electrons. The van der Waals surface area contributed by atoms with E-state index in [9.17, 15) is 0 Å². The lowest BCUT2D eigenvalue weighted by Gasteiger charge is -2.13. The summed E-state index contributed by atoms with van der Waals surface area (Å²) in [7, 11) is 0. The van der Waals surface area contributed by atoms with Crippen LogP contribution in [0.5, 0.6) is 5.75 Å². The van der Waals surface area contributed by atoms with Crippen molar-refractivity contribution in [3.63, 3.8) is 0 Å². The number of hydrogen-bond donors (Lipinski definition) is 1. The van der Waals surface area contributed by atoms with Gasteiger partial charge >= 0.3 is 0 Å². The SMILES string of the molecule is CCCCCCCCCOc1c(Cl)cc(Cl)cc1CCN. The zero-order valence-corrected chi connectivity index (χ0v) is 14.5. The highest BCUT2D eigenvalue weighted by atomic mass is 35.5. The third-order valence-corrected chi connectivity index (χ3v) is 3.99. The van der Waals surface area contributed by atoms with Crippen LogP contribution in [0.15, 0.2) is 12.1 Å². The van der Waals surface area contributed by atoms with Gasteiger partial charge in [-0.15, -0.1) is 0 Å². The van der Waals surface area contributed by atoms with Gasteiger partial charge in [-0.05, 0) is 37.1 Å². The maximum Gasteiger partial charge on any atom is 0.141 e. The summed E-state index contributed by atoms with van der Waals surface area (Å²) < 4.78 is 5.86. The lowest BCUT2D eigenvalue weighted by atomic mass is 10.1. The van der Waals surface area contributed by atoms with Gasteiger partial charge in [0, 0.05) is 5.02 Å². The van der Waals surface area contributed by atoms with Crippen LogP contribution in [0, 0.1) is 0 Å². The molecule has 1 aromatic rings. The zero-order valence-electron chi connectivity index (χ0n) is 13.0. The second-order valence-electron chi connectivity index (χ2n) is 5.38. The van der Waals surface area contributed by atoms with E-state index >= 15 is 0 Å². The third-order valence-electron chi connectivity index (χ3n) is 3.49. The highest BCUT2D eigenvalue weighted by Gasteiger charge is 2.10. The van der Waals surface area contributed by atoms with Crippen LogP contribution in [0.1, 0.15) is 57.4 Å². The topological polar surface area (TPSA) is 35.2 Å². The van der Waals surface area contributed by atoms with Crippen molar-refractivity contribution in [3.8, 4) is 5.75 Å². The van der Waals surface area contributed by atoms with Crippen molar-refractivity contribution in [2.45, 2.75) is 58.3 Å². The van der Waals surface area contributed by atoms with Gasteiger partial charge in [-0.1, -0.05) is 68.7 Å². The molecule has 0 bridgehead atoms. The molecular formula is C17H27Cl2NO. The van der Waals surface area contributed by atoms with Crippen LogP contribution in [0.25, 0.3) is 0 Å². The lowest BCUT2D eigenvalue weighted by Crippen LogP contribution is -2.06. The highest BCUT2D eigenvalue weighted by molar-refractivity contribution is 6.35. The Morgan fingerprint density at radius 1 is 1.00 bits per heavy atom. The van der Waals surface area contributed by atoms with E-state index < -0.39 is 0 Å². The van der Waals surface area contributed by atoms with Crippen molar-refractivity contribution in [2.24, 2.45) is 5.73 Å². The monoisotopic (exact) mass is 331 g/mol. The summed E-state index contributed by atoms with van der Waals surface area (Å²) in [6, 6.07) is 3.61. The van der Waals surface area contributed by atoms with Crippen LogP contribution in [-0.2, 0) is 6.42 Å². The first-order valence-electron chi connectivity index (χ1n) is 7.99. The highest BCUT2D eigenvalue weighted by Crippen LogP contribution is 2.32. The van der Waals surface area contributed by atoms with Crippen molar-refractivity contribution in [2.75, 3.05) is 13.2 Å². The first-order valence-corrected chi connectivity index (χ1v) is 8.75. The molecule has 4 heteroatoms. The maximum absolute atomic E-state index is 6.22. The first-order chi connectivity index (χ1) is 10.2. The maximum atomic E-state index is 6.22. The molecule has 0 heterocycles. The number of rotatable bonds is 11. The van der Waals surface area contributed by atoms with Gasteiger partial charge in [-0.25, -0.2) is 0 Å². The Kier molecular flexibility index (Phi) is 9.90. The Labute approximate surface area is 139 Å². The van der Waals surface area contributed by atoms with E-state index in [0.29, 0.717) is 23.2 Å². The summed E-state index contributed by atoms with van der Waals surface area (Å²) >= 11 is 12.2. The minimum atomic E-state index is 0.560. The summed E-state index contributed by atoms with van der Waals surface area (Å²) in [6.45, 7) is 3.50. The summed E-state index contributed by atoms with van der Waals surface area (Å²) in [5.41, 5.74) is 6.62. The molecule has 0 aliphatic rings. The predicted molar refractivity (Wildman–Crippen MR) is 92.7 cm³/mol. The molecule has 0 saturated carbocycles. The van der Waals surface area contributed by atoms with Crippen LogP contribution >= 0.6 is 23.2 Å². The van der Waals surface area contributed by atoms with Crippen LogP contribution in [-0.4, -0.2) is 13.2 Å². The van der Waals surface area contributed by atoms with Crippen molar-refractivity contribution in [1.29, 1.82) is 0 Å². The Morgan fingerprint density at radius 2 is 1.67 bits per heavy atom. The molecule has 1 rings (SSSR count). The quantitative estimate of drug-likeness (QED) is 0.533. The van der Waals surface area contributed by atoms with Gasteiger partial charge in [0.25, 0.3) is 0 Å². The Balaban J connectivity index is 2.34. The fraction of sp³-hybridized carbons (Fsp3) is 0.647. The van der Waals surface area contributed by atoms with E-state index in [-0.39, 0.29) is 0 Å². The number of unbranched alkanes of at least 4 members (excludes halogenated alkanes) is 6. The predicted octanol–water partition coefficient (Wildman–Crippen LogP) is 5.62. The largest absolute Gasteiger partial charge is 0.492 e. The number of nitrogens with two attached hydrogens (primary N) is 1. The van der Waals surface area contributed by atoms with E-state index in [1.807, 2.05) is 6.07 Å². The molecule has 0 fully saturated rings. The Bertz CT molecular complexity index is 410. The number of ether oxygens (including phenoxy) is 1. The van der Waals surface area contributed by atoms with E-state index in [1.165, 1.54) is 38.5 Å². The zero-order chi connectivity index (χ0) is 15.5. The summed E-state index contributed by atoms with van der Waals surface area (Å²) in [4.78, 5) is 0. The molecule has 0 aliphatic carbocycles. The van der Waals surface area contributed by atoms with Gasteiger partial charge in [0.1, 0.15) is 5.75 Å². The van der Waals surface area contributed by atoms with Crippen molar-refractivity contribution in [3.05, 3.63) is 27.7 Å².